The Morgan fingerprint density at radius 1 is 1.25 bits per heavy atom. The molecule has 1 aliphatic heterocycles. The van der Waals surface area contributed by atoms with Crippen LogP contribution in [0.15, 0.2) is 27.9 Å². The molecule has 1 unspecified atom stereocenters. The van der Waals surface area contributed by atoms with E-state index in [9.17, 15) is 9.59 Å². The van der Waals surface area contributed by atoms with Gasteiger partial charge in [-0.15, -0.1) is 0 Å². The van der Waals surface area contributed by atoms with E-state index in [-0.39, 0.29) is 12.1 Å². The minimum absolute atomic E-state index is 0.278. The Morgan fingerprint density at radius 2 is 1.96 bits per heavy atom. The lowest BCUT2D eigenvalue weighted by Crippen LogP contribution is -2.46. The third-order valence-corrected chi connectivity index (χ3v) is 5.14. The van der Waals surface area contributed by atoms with Gasteiger partial charge < -0.3 is 24.8 Å². The standard InChI is InChI=1S/C20H27BrN2O5/c1-6-7-8-13-15(19(24)28-11(2)3)17(23-20(25)22-13)12-9-10-14(26-4)18(27-5)16(12)21/h9-11,17H,6-8H2,1-5H3,(H2,22,23,25). The SMILES string of the molecule is CCCCC1=C(C(=O)OC(C)C)C(c2ccc(OC)c(OC)c2Br)NC(=O)N1. The van der Waals surface area contributed by atoms with Gasteiger partial charge in [0, 0.05) is 5.70 Å². The summed E-state index contributed by atoms with van der Waals surface area (Å²) in [5.41, 5.74) is 1.66. The van der Waals surface area contributed by atoms with E-state index in [1.165, 1.54) is 7.11 Å². The maximum absolute atomic E-state index is 12.9. The molecule has 0 fully saturated rings. The van der Waals surface area contributed by atoms with Crippen LogP contribution in [0.3, 0.4) is 0 Å². The summed E-state index contributed by atoms with van der Waals surface area (Å²) in [6.45, 7) is 5.64. The van der Waals surface area contributed by atoms with Crippen LogP contribution in [-0.2, 0) is 9.53 Å². The zero-order chi connectivity index (χ0) is 20.8. The van der Waals surface area contributed by atoms with E-state index in [1.54, 1.807) is 33.1 Å². The molecular weight excluding hydrogens is 428 g/mol. The number of carbonyl (C=O) groups excluding carboxylic acids is 2. The maximum Gasteiger partial charge on any atom is 0.338 e. The Balaban J connectivity index is 2.61. The van der Waals surface area contributed by atoms with Gasteiger partial charge in [0.2, 0.25) is 0 Å². The number of amides is 2. The summed E-state index contributed by atoms with van der Waals surface area (Å²) in [7, 11) is 3.08. The van der Waals surface area contributed by atoms with E-state index in [0.717, 1.165) is 12.8 Å². The second kappa shape index (κ2) is 9.82. The number of carbonyl (C=O) groups is 2. The van der Waals surface area contributed by atoms with Crippen molar-refractivity contribution < 1.29 is 23.8 Å². The van der Waals surface area contributed by atoms with Gasteiger partial charge in [-0.2, -0.15) is 0 Å². The Kier molecular flexibility index (Phi) is 7.74. The third kappa shape index (κ3) is 4.79. The summed E-state index contributed by atoms with van der Waals surface area (Å²) >= 11 is 3.54. The van der Waals surface area contributed by atoms with Gasteiger partial charge in [0.25, 0.3) is 0 Å². The number of ether oxygens (including phenoxy) is 3. The molecule has 28 heavy (non-hydrogen) atoms. The molecule has 2 amide bonds. The molecule has 2 N–H and O–H groups in total. The zero-order valence-corrected chi connectivity index (χ0v) is 18.4. The average Bonchev–Trinajstić information content (AvgIpc) is 2.64. The van der Waals surface area contributed by atoms with E-state index < -0.39 is 12.0 Å². The number of esters is 1. The number of rotatable bonds is 8. The highest BCUT2D eigenvalue weighted by Gasteiger charge is 2.35. The van der Waals surface area contributed by atoms with E-state index >= 15 is 0 Å². The van der Waals surface area contributed by atoms with E-state index in [1.807, 2.05) is 0 Å². The molecule has 0 spiro atoms. The van der Waals surface area contributed by atoms with Gasteiger partial charge >= 0.3 is 12.0 Å². The predicted molar refractivity (Wildman–Crippen MR) is 109 cm³/mol. The molecule has 1 atom stereocenters. The zero-order valence-electron chi connectivity index (χ0n) is 16.8. The highest BCUT2D eigenvalue weighted by molar-refractivity contribution is 9.10. The van der Waals surface area contributed by atoms with Crippen molar-refractivity contribution in [3.63, 3.8) is 0 Å². The molecule has 2 rings (SSSR count). The van der Waals surface area contributed by atoms with Crippen molar-refractivity contribution in [2.24, 2.45) is 0 Å². The van der Waals surface area contributed by atoms with Crippen LogP contribution in [-0.4, -0.2) is 32.3 Å². The van der Waals surface area contributed by atoms with Crippen molar-refractivity contribution in [1.29, 1.82) is 0 Å². The number of benzene rings is 1. The molecule has 1 aromatic carbocycles. The van der Waals surface area contributed by atoms with E-state index in [2.05, 4.69) is 33.5 Å². The van der Waals surface area contributed by atoms with Crippen molar-refractivity contribution in [1.82, 2.24) is 10.6 Å². The van der Waals surface area contributed by atoms with Crippen LogP contribution in [0.2, 0.25) is 0 Å². The van der Waals surface area contributed by atoms with Crippen LogP contribution in [0, 0.1) is 0 Å². The molecular formula is C20H27BrN2O5. The molecule has 1 aromatic rings. The number of hydrogen-bond donors (Lipinski definition) is 2. The third-order valence-electron chi connectivity index (χ3n) is 4.32. The fourth-order valence-corrected chi connectivity index (χ4v) is 3.77. The number of unbranched alkanes of at least 4 members (excludes halogenated alkanes) is 1. The van der Waals surface area contributed by atoms with Crippen LogP contribution in [0.1, 0.15) is 51.6 Å². The molecule has 0 saturated heterocycles. The second-order valence-corrected chi connectivity index (χ2v) is 7.48. The van der Waals surface area contributed by atoms with Crippen LogP contribution >= 0.6 is 15.9 Å². The van der Waals surface area contributed by atoms with Gasteiger partial charge in [-0.05, 0) is 54.2 Å². The largest absolute Gasteiger partial charge is 0.493 e. The Bertz CT molecular complexity index is 776. The Hall–Kier alpha value is -2.22. The van der Waals surface area contributed by atoms with Gasteiger partial charge in [-0.1, -0.05) is 19.4 Å². The highest BCUT2D eigenvalue weighted by Crippen LogP contribution is 2.42. The molecule has 8 heteroatoms. The number of hydrogen-bond acceptors (Lipinski definition) is 5. The smallest absolute Gasteiger partial charge is 0.338 e. The minimum Gasteiger partial charge on any atom is -0.493 e. The normalized spacial score (nSPS) is 16.5. The molecule has 7 nitrogen and oxygen atoms in total. The first-order valence-corrected chi connectivity index (χ1v) is 10.0. The predicted octanol–water partition coefficient (Wildman–Crippen LogP) is 4.22. The highest BCUT2D eigenvalue weighted by atomic mass is 79.9. The quantitative estimate of drug-likeness (QED) is 0.574. The van der Waals surface area contributed by atoms with Gasteiger partial charge in [0.15, 0.2) is 11.5 Å². The molecule has 1 aliphatic rings. The summed E-state index contributed by atoms with van der Waals surface area (Å²) in [5.74, 6) is 0.569. The molecule has 1 heterocycles. The summed E-state index contributed by atoms with van der Waals surface area (Å²) in [5, 5.41) is 5.62. The van der Waals surface area contributed by atoms with Gasteiger partial charge in [-0.3, -0.25) is 0 Å². The molecule has 0 bridgehead atoms. The van der Waals surface area contributed by atoms with Crippen molar-refractivity contribution in [3.8, 4) is 11.5 Å². The second-order valence-electron chi connectivity index (χ2n) is 6.69. The van der Waals surface area contributed by atoms with E-state index in [0.29, 0.717) is 39.2 Å². The fraction of sp³-hybridized carbons (Fsp3) is 0.500. The Labute approximate surface area is 173 Å². The van der Waals surface area contributed by atoms with Crippen molar-refractivity contribution in [2.45, 2.75) is 52.2 Å². The summed E-state index contributed by atoms with van der Waals surface area (Å²) in [6.07, 6.45) is 2.07. The molecule has 0 aromatic heterocycles. The monoisotopic (exact) mass is 454 g/mol. The van der Waals surface area contributed by atoms with Crippen LogP contribution in [0.25, 0.3) is 0 Å². The average molecular weight is 455 g/mol. The first kappa shape index (κ1) is 22.1. The van der Waals surface area contributed by atoms with Gasteiger partial charge in [0.05, 0.1) is 36.4 Å². The van der Waals surface area contributed by atoms with Crippen LogP contribution in [0.5, 0.6) is 11.5 Å². The summed E-state index contributed by atoms with van der Waals surface area (Å²) in [6, 6.07) is 2.49. The molecule has 154 valence electrons. The number of methoxy groups -OCH3 is 2. The summed E-state index contributed by atoms with van der Waals surface area (Å²) in [4.78, 5) is 25.2. The van der Waals surface area contributed by atoms with Gasteiger partial charge in [0.1, 0.15) is 0 Å². The fourth-order valence-electron chi connectivity index (χ4n) is 3.05. The lowest BCUT2D eigenvalue weighted by atomic mass is 9.93. The van der Waals surface area contributed by atoms with E-state index in [4.69, 9.17) is 14.2 Å². The van der Waals surface area contributed by atoms with Crippen LogP contribution < -0.4 is 20.1 Å². The first-order valence-electron chi connectivity index (χ1n) is 9.25. The van der Waals surface area contributed by atoms with Crippen molar-refractivity contribution in [2.75, 3.05) is 14.2 Å². The topological polar surface area (TPSA) is 85.9 Å². The first-order chi connectivity index (χ1) is 13.3. The number of allylic oxidation sites excluding steroid dienone is 1. The van der Waals surface area contributed by atoms with Crippen LogP contribution in [0.4, 0.5) is 4.79 Å². The summed E-state index contributed by atoms with van der Waals surface area (Å²) < 4.78 is 16.8. The lowest BCUT2D eigenvalue weighted by molar-refractivity contribution is -0.143. The minimum atomic E-state index is -0.680. The number of halogens is 1. The lowest BCUT2D eigenvalue weighted by Gasteiger charge is -2.31. The number of nitrogens with one attached hydrogen (secondary N) is 2. The molecule has 0 saturated carbocycles. The Morgan fingerprint density at radius 3 is 2.54 bits per heavy atom. The maximum atomic E-state index is 12.9. The molecule has 0 aliphatic carbocycles. The number of urea groups is 1. The van der Waals surface area contributed by atoms with Crippen molar-refractivity contribution in [3.05, 3.63) is 33.4 Å². The van der Waals surface area contributed by atoms with Crippen molar-refractivity contribution >= 4 is 27.9 Å². The van der Waals surface area contributed by atoms with Gasteiger partial charge in [-0.25, -0.2) is 9.59 Å². The molecule has 0 radical (unpaired) electrons.